The van der Waals surface area contributed by atoms with Crippen LogP contribution in [0.5, 0.6) is 11.5 Å². The van der Waals surface area contributed by atoms with Gasteiger partial charge in [-0.25, -0.2) is 0 Å². The lowest BCUT2D eigenvalue weighted by atomic mass is 10.2. The number of furan rings is 1. The standard InChI is InChI=1S/C15H12N2O5/c1-19-13-7-10(8-18)4-5-11(13)21-9-14-16-15(17-22-14)12-3-2-6-20-12/h2-8H,9H2,1H3. The second-order valence-electron chi connectivity index (χ2n) is 4.31. The zero-order chi connectivity index (χ0) is 15.4. The highest BCUT2D eigenvalue weighted by Gasteiger charge is 2.12. The van der Waals surface area contributed by atoms with Gasteiger partial charge < -0.3 is 18.4 Å². The molecule has 0 spiro atoms. The monoisotopic (exact) mass is 300 g/mol. The summed E-state index contributed by atoms with van der Waals surface area (Å²) >= 11 is 0. The molecule has 0 N–H and O–H groups in total. The molecule has 1 aromatic carbocycles. The average Bonchev–Trinajstić information content (AvgIpc) is 3.23. The summed E-state index contributed by atoms with van der Waals surface area (Å²) in [6.07, 6.45) is 2.27. The van der Waals surface area contributed by atoms with E-state index >= 15 is 0 Å². The van der Waals surface area contributed by atoms with E-state index in [0.717, 1.165) is 6.29 Å². The van der Waals surface area contributed by atoms with Crippen LogP contribution in [0.2, 0.25) is 0 Å². The zero-order valence-corrected chi connectivity index (χ0v) is 11.7. The molecule has 0 radical (unpaired) electrons. The number of carbonyl (C=O) groups is 1. The molecular formula is C15H12N2O5. The van der Waals surface area contributed by atoms with Crippen LogP contribution in [0.25, 0.3) is 11.6 Å². The molecule has 22 heavy (non-hydrogen) atoms. The molecule has 112 valence electrons. The van der Waals surface area contributed by atoms with E-state index in [1.807, 2.05) is 0 Å². The van der Waals surface area contributed by atoms with Crippen molar-refractivity contribution in [2.24, 2.45) is 0 Å². The molecule has 0 aliphatic carbocycles. The number of hydrogen-bond donors (Lipinski definition) is 0. The minimum atomic E-state index is 0.0739. The van der Waals surface area contributed by atoms with Crippen molar-refractivity contribution >= 4 is 6.29 Å². The van der Waals surface area contributed by atoms with Gasteiger partial charge in [-0.1, -0.05) is 5.16 Å². The van der Waals surface area contributed by atoms with Crippen molar-refractivity contribution in [3.05, 3.63) is 48.0 Å². The Morgan fingerprint density at radius 1 is 1.27 bits per heavy atom. The van der Waals surface area contributed by atoms with Crippen LogP contribution >= 0.6 is 0 Å². The number of rotatable bonds is 6. The third kappa shape index (κ3) is 2.83. The van der Waals surface area contributed by atoms with Gasteiger partial charge in [0.25, 0.3) is 5.89 Å². The van der Waals surface area contributed by atoms with E-state index in [1.165, 1.54) is 13.4 Å². The molecule has 0 aliphatic heterocycles. The fourth-order valence-electron chi connectivity index (χ4n) is 1.84. The number of benzene rings is 1. The molecule has 2 aromatic heterocycles. The van der Waals surface area contributed by atoms with Crippen LogP contribution in [0.4, 0.5) is 0 Å². The number of ether oxygens (including phenoxy) is 2. The first kappa shape index (κ1) is 13.9. The van der Waals surface area contributed by atoms with Crippen molar-refractivity contribution in [2.45, 2.75) is 6.61 Å². The molecular weight excluding hydrogens is 288 g/mol. The van der Waals surface area contributed by atoms with Gasteiger partial charge in [0, 0.05) is 5.56 Å². The highest BCUT2D eigenvalue weighted by atomic mass is 16.5. The van der Waals surface area contributed by atoms with Crippen LogP contribution in [0, 0.1) is 0 Å². The van der Waals surface area contributed by atoms with Crippen LogP contribution in [0.3, 0.4) is 0 Å². The van der Waals surface area contributed by atoms with E-state index in [2.05, 4.69) is 10.1 Å². The number of hydrogen-bond acceptors (Lipinski definition) is 7. The highest BCUT2D eigenvalue weighted by Crippen LogP contribution is 2.28. The van der Waals surface area contributed by atoms with E-state index in [9.17, 15) is 4.79 Å². The van der Waals surface area contributed by atoms with E-state index in [1.54, 1.807) is 30.3 Å². The van der Waals surface area contributed by atoms with Gasteiger partial charge in [0.15, 0.2) is 23.9 Å². The Bertz CT molecular complexity index is 764. The fraction of sp³-hybridized carbons (Fsp3) is 0.133. The summed E-state index contributed by atoms with van der Waals surface area (Å²) in [6.45, 7) is 0.0739. The van der Waals surface area contributed by atoms with Gasteiger partial charge in [0.2, 0.25) is 5.82 Å². The number of aromatic nitrogens is 2. The second kappa shape index (κ2) is 6.13. The Balaban J connectivity index is 1.71. The van der Waals surface area contributed by atoms with Crippen molar-refractivity contribution in [3.63, 3.8) is 0 Å². The summed E-state index contributed by atoms with van der Waals surface area (Å²) in [5.74, 6) is 2.10. The highest BCUT2D eigenvalue weighted by molar-refractivity contribution is 5.76. The Labute approximate surface area is 125 Å². The van der Waals surface area contributed by atoms with Crippen molar-refractivity contribution in [3.8, 4) is 23.1 Å². The summed E-state index contributed by atoms with van der Waals surface area (Å²) in [4.78, 5) is 14.9. The lowest BCUT2D eigenvalue weighted by Gasteiger charge is -2.09. The minimum absolute atomic E-state index is 0.0739. The Morgan fingerprint density at radius 2 is 2.18 bits per heavy atom. The van der Waals surface area contributed by atoms with Crippen LogP contribution in [-0.2, 0) is 6.61 Å². The van der Waals surface area contributed by atoms with E-state index in [0.29, 0.717) is 34.5 Å². The topological polar surface area (TPSA) is 87.6 Å². The van der Waals surface area contributed by atoms with E-state index in [4.69, 9.17) is 18.4 Å². The first-order valence-corrected chi connectivity index (χ1v) is 6.42. The molecule has 0 aliphatic rings. The SMILES string of the molecule is COc1cc(C=O)ccc1OCc1nc(-c2ccco2)no1. The second-order valence-corrected chi connectivity index (χ2v) is 4.31. The van der Waals surface area contributed by atoms with Gasteiger partial charge in [0.05, 0.1) is 13.4 Å². The quantitative estimate of drug-likeness (QED) is 0.647. The van der Waals surface area contributed by atoms with E-state index < -0.39 is 0 Å². The molecule has 3 aromatic rings. The molecule has 7 nitrogen and oxygen atoms in total. The van der Waals surface area contributed by atoms with Gasteiger partial charge in [-0.15, -0.1) is 0 Å². The maximum atomic E-state index is 10.7. The number of methoxy groups -OCH3 is 1. The normalized spacial score (nSPS) is 10.4. The van der Waals surface area contributed by atoms with Crippen LogP contribution in [0.1, 0.15) is 16.2 Å². The fourth-order valence-corrected chi connectivity index (χ4v) is 1.84. The third-order valence-electron chi connectivity index (χ3n) is 2.88. The molecule has 2 heterocycles. The van der Waals surface area contributed by atoms with Crippen molar-refractivity contribution in [2.75, 3.05) is 7.11 Å². The van der Waals surface area contributed by atoms with Gasteiger partial charge in [0.1, 0.15) is 6.29 Å². The predicted octanol–water partition coefficient (Wildman–Crippen LogP) is 2.73. The molecule has 3 rings (SSSR count). The Hall–Kier alpha value is -3.09. The summed E-state index contributed by atoms with van der Waals surface area (Å²) in [6, 6.07) is 8.34. The summed E-state index contributed by atoms with van der Waals surface area (Å²) in [5, 5.41) is 3.80. The minimum Gasteiger partial charge on any atom is -0.493 e. The van der Waals surface area contributed by atoms with E-state index in [-0.39, 0.29) is 6.61 Å². The molecule has 0 saturated carbocycles. The molecule has 0 atom stereocenters. The van der Waals surface area contributed by atoms with Crippen LogP contribution < -0.4 is 9.47 Å². The molecule has 0 saturated heterocycles. The Kier molecular flexibility index (Phi) is 3.86. The van der Waals surface area contributed by atoms with Crippen LogP contribution in [0.15, 0.2) is 45.5 Å². The predicted molar refractivity (Wildman–Crippen MR) is 74.7 cm³/mol. The van der Waals surface area contributed by atoms with Gasteiger partial charge >= 0.3 is 0 Å². The molecule has 0 bridgehead atoms. The number of carbonyl (C=O) groups excluding carboxylic acids is 1. The third-order valence-corrected chi connectivity index (χ3v) is 2.88. The molecule has 0 amide bonds. The Morgan fingerprint density at radius 3 is 2.91 bits per heavy atom. The number of nitrogens with zero attached hydrogens (tertiary/aromatic N) is 2. The maximum absolute atomic E-state index is 10.7. The van der Waals surface area contributed by atoms with Gasteiger partial charge in [-0.2, -0.15) is 4.98 Å². The summed E-state index contributed by atoms with van der Waals surface area (Å²) in [5.41, 5.74) is 0.502. The van der Waals surface area contributed by atoms with Gasteiger partial charge in [-0.05, 0) is 30.3 Å². The smallest absolute Gasteiger partial charge is 0.264 e. The first-order valence-electron chi connectivity index (χ1n) is 6.42. The largest absolute Gasteiger partial charge is 0.493 e. The molecule has 7 heteroatoms. The maximum Gasteiger partial charge on any atom is 0.264 e. The first-order chi connectivity index (χ1) is 10.8. The van der Waals surface area contributed by atoms with Gasteiger partial charge in [-0.3, -0.25) is 4.79 Å². The molecule has 0 fully saturated rings. The number of aldehydes is 1. The van der Waals surface area contributed by atoms with Crippen molar-refractivity contribution < 1.29 is 23.2 Å². The van der Waals surface area contributed by atoms with Crippen molar-refractivity contribution in [1.82, 2.24) is 10.1 Å². The zero-order valence-electron chi connectivity index (χ0n) is 11.7. The lowest BCUT2D eigenvalue weighted by Crippen LogP contribution is -1.98. The lowest BCUT2D eigenvalue weighted by molar-refractivity contribution is 0.112. The average molecular weight is 300 g/mol. The van der Waals surface area contributed by atoms with Crippen LogP contribution in [-0.4, -0.2) is 23.5 Å². The summed E-state index contributed by atoms with van der Waals surface area (Å²) in [7, 11) is 1.50. The molecule has 0 unspecified atom stereocenters. The van der Waals surface area contributed by atoms with Crippen molar-refractivity contribution in [1.29, 1.82) is 0 Å². The summed E-state index contributed by atoms with van der Waals surface area (Å²) < 4.78 is 21.0.